The van der Waals surface area contributed by atoms with Gasteiger partial charge in [-0.05, 0) is 67.5 Å². The van der Waals surface area contributed by atoms with E-state index in [-0.39, 0.29) is 6.29 Å². The third kappa shape index (κ3) is 6.43. The minimum absolute atomic E-state index is 0.245. The SMILES string of the molecule is CCC(C)c1ccc(OC(C)OCCCc2ccc(OC)cc2)cc1. The Hall–Kier alpha value is -2.00. The van der Waals surface area contributed by atoms with Crippen LogP contribution in [0, 0.1) is 0 Å². The van der Waals surface area contributed by atoms with E-state index in [1.165, 1.54) is 11.1 Å². The largest absolute Gasteiger partial charge is 0.497 e. The number of aryl methyl sites for hydroxylation is 1. The van der Waals surface area contributed by atoms with Gasteiger partial charge in [0.15, 0.2) is 6.29 Å². The monoisotopic (exact) mass is 342 g/mol. The normalized spacial score (nSPS) is 13.3. The Kier molecular flexibility index (Phi) is 7.80. The standard InChI is InChI=1S/C22H30O3/c1-5-17(2)20-10-14-22(15-11-20)25-18(3)24-16-6-7-19-8-12-21(23-4)13-9-19/h8-15,17-18H,5-7,16H2,1-4H3. The molecule has 2 rings (SSSR count). The van der Waals surface area contributed by atoms with E-state index in [4.69, 9.17) is 14.2 Å². The van der Waals surface area contributed by atoms with E-state index in [9.17, 15) is 0 Å². The van der Waals surface area contributed by atoms with Gasteiger partial charge >= 0.3 is 0 Å². The molecular formula is C22H30O3. The molecule has 0 saturated heterocycles. The van der Waals surface area contributed by atoms with Crippen molar-refractivity contribution < 1.29 is 14.2 Å². The van der Waals surface area contributed by atoms with E-state index in [2.05, 4.69) is 38.1 Å². The van der Waals surface area contributed by atoms with Gasteiger partial charge in [0.2, 0.25) is 0 Å². The maximum atomic E-state index is 5.83. The molecule has 0 radical (unpaired) electrons. The van der Waals surface area contributed by atoms with E-state index in [0.717, 1.165) is 30.8 Å². The van der Waals surface area contributed by atoms with Gasteiger partial charge in [0.25, 0.3) is 0 Å². The minimum atomic E-state index is -0.245. The van der Waals surface area contributed by atoms with Crippen molar-refractivity contribution in [2.45, 2.75) is 52.2 Å². The van der Waals surface area contributed by atoms with Gasteiger partial charge in [-0.1, -0.05) is 38.1 Å². The summed E-state index contributed by atoms with van der Waals surface area (Å²) in [5.41, 5.74) is 2.64. The van der Waals surface area contributed by atoms with Gasteiger partial charge in [0, 0.05) is 0 Å². The molecule has 3 heteroatoms. The second-order valence-electron chi connectivity index (χ2n) is 6.39. The first-order valence-corrected chi connectivity index (χ1v) is 9.13. The molecule has 2 atom stereocenters. The lowest BCUT2D eigenvalue weighted by Crippen LogP contribution is -2.17. The molecule has 3 nitrogen and oxygen atoms in total. The summed E-state index contributed by atoms with van der Waals surface area (Å²) in [6.07, 6.45) is 2.85. The number of hydrogen-bond donors (Lipinski definition) is 0. The number of hydrogen-bond acceptors (Lipinski definition) is 3. The predicted octanol–water partition coefficient (Wildman–Crippen LogP) is 5.58. The van der Waals surface area contributed by atoms with Gasteiger partial charge in [0.05, 0.1) is 13.7 Å². The van der Waals surface area contributed by atoms with Crippen LogP contribution in [-0.2, 0) is 11.2 Å². The fourth-order valence-electron chi connectivity index (χ4n) is 2.65. The summed E-state index contributed by atoms with van der Waals surface area (Å²) in [5, 5.41) is 0. The van der Waals surface area contributed by atoms with Crippen LogP contribution in [0.25, 0.3) is 0 Å². The first-order chi connectivity index (χ1) is 12.1. The molecule has 0 fully saturated rings. The van der Waals surface area contributed by atoms with E-state index < -0.39 is 0 Å². The van der Waals surface area contributed by atoms with Crippen LogP contribution in [0.4, 0.5) is 0 Å². The van der Waals surface area contributed by atoms with Crippen LogP contribution in [0.3, 0.4) is 0 Å². The molecule has 2 aromatic rings. The summed E-state index contributed by atoms with van der Waals surface area (Å²) >= 11 is 0. The Morgan fingerprint density at radius 3 is 2.12 bits per heavy atom. The zero-order valence-corrected chi connectivity index (χ0v) is 15.8. The first kappa shape index (κ1) is 19.3. The molecule has 0 aliphatic rings. The molecular weight excluding hydrogens is 312 g/mol. The smallest absolute Gasteiger partial charge is 0.196 e. The second-order valence-corrected chi connectivity index (χ2v) is 6.39. The molecule has 136 valence electrons. The predicted molar refractivity (Wildman–Crippen MR) is 103 cm³/mol. The molecule has 0 aliphatic carbocycles. The zero-order chi connectivity index (χ0) is 18.1. The van der Waals surface area contributed by atoms with Crippen molar-refractivity contribution in [2.24, 2.45) is 0 Å². The molecule has 25 heavy (non-hydrogen) atoms. The summed E-state index contributed by atoms with van der Waals surface area (Å²) in [6.45, 7) is 7.06. The molecule has 0 saturated carbocycles. The van der Waals surface area contributed by atoms with Crippen LogP contribution in [-0.4, -0.2) is 20.0 Å². The quantitative estimate of drug-likeness (QED) is 0.416. The number of ether oxygens (including phenoxy) is 3. The van der Waals surface area contributed by atoms with Crippen LogP contribution >= 0.6 is 0 Å². The maximum absolute atomic E-state index is 5.83. The van der Waals surface area contributed by atoms with Gasteiger partial charge < -0.3 is 14.2 Å². The number of rotatable bonds is 10. The number of benzene rings is 2. The lowest BCUT2D eigenvalue weighted by molar-refractivity contribution is -0.0672. The Morgan fingerprint density at radius 2 is 1.52 bits per heavy atom. The summed E-state index contributed by atoms with van der Waals surface area (Å²) < 4.78 is 16.8. The van der Waals surface area contributed by atoms with Gasteiger partial charge in [-0.25, -0.2) is 0 Å². The molecule has 0 aromatic heterocycles. The lowest BCUT2D eigenvalue weighted by Gasteiger charge is -2.16. The van der Waals surface area contributed by atoms with Crippen molar-refractivity contribution in [3.63, 3.8) is 0 Å². The summed E-state index contributed by atoms with van der Waals surface area (Å²) in [5.74, 6) is 2.33. The van der Waals surface area contributed by atoms with Crippen molar-refractivity contribution in [1.29, 1.82) is 0 Å². The summed E-state index contributed by atoms with van der Waals surface area (Å²) in [6, 6.07) is 16.5. The van der Waals surface area contributed by atoms with Gasteiger partial charge in [-0.2, -0.15) is 0 Å². The molecule has 0 bridgehead atoms. The molecule has 0 heterocycles. The molecule has 0 spiro atoms. The van der Waals surface area contributed by atoms with Gasteiger partial charge in [0.1, 0.15) is 11.5 Å². The minimum Gasteiger partial charge on any atom is -0.497 e. The molecule has 2 aromatic carbocycles. The maximum Gasteiger partial charge on any atom is 0.196 e. The first-order valence-electron chi connectivity index (χ1n) is 9.13. The molecule has 0 aliphatic heterocycles. The van der Waals surface area contributed by atoms with Crippen molar-refractivity contribution in [1.82, 2.24) is 0 Å². The molecule has 2 unspecified atom stereocenters. The highest BCUT2D eigenvalue weighted by Crippen LogP contribution is 2.22. The van der Waals surface area contributed by atoms with Crippen LogP contribution in [0.15, 0.2) is 48.5 Å². The van der Waals surface area contributed by atoms with Crippen molar-refractivity contribution in [2.75, 3.05) is 13.7 Å². The third-order valence-corrected chi connectivity index (χ3v) is 4.48. The molecule has 0 N–H and O–H groups in total. The van der Waals surface area contributed by atoms with Crippen LogP contribution in [0.1, 0.15) is 50.7 Å². The highest BCUT2D eigenvalue weighted by Gasteiger charge is 2.06. The third-order valence-electron chi connectivity index (χ3n) is 4.48. The average Bonchev–Trinajstić information content (AvgIpc) is 2.65. The van der Waals surface area contributed by atoms with Crippen molar-refractivity contribution in [3.05, 3.63) is 59.7 Å². The van der Waals surface area contributed by atoms with E-state index in [0.29, 0.717) is 12.5 Å². The fourth-order valence-corrected chi connectivity index (χ4v) is 2.65. The Labute approximate surface area is 151 Å². The van der Waals surface area contributed by atoms with E-state index in [1.54, 1.807) is 7.11 Å². The molecule has 0 amide bonds. The Morgan fingerprint density at radius 1 is 0.880 bits per heavy atom. The van der Waals surface area contributed by atoms with Crippen molar-refractivity contribution >= 4 is 0 Å². The zero-order valence-electron chi connectivity index (χ0n) is 15.8. The Balaban J connectivity index is 1.68. The van der Waals surface area contributed by atoms with Crippen molar-refractivity contribution in [3.8, 4) is 11.5 Å². The topological polar surface area (TPSA) is 27.7 Å². The van der Waals surface area contributed by atoms with Crippen LogP contribution in [0.5, 0.6) is 11.5 Å². The van der Waals surface area contributed by atoms with Crippen LogP contribution < -0.4 is 9.47 Å². The lowest BCUT2D eigenvalue weighted by atomic mass is 9.99. The van der Waals surface area contributed by atoms with Crippen LogP contribution in [0.2, 0.25) is 0 Å². The van der Waals surface area contributed by atoms with Gasteiger partial charge in [-0.3, -0.25) is 0 Å². The number of methoxy groups -OCH3 is 1. The van der Waals surface area contributed by atoms with E-state index >= 15 is 0 Å². The highest BCUT2D eigenvalue weighted by molar-refractivity contribution is 5.29. The second kappa shape index (κ2) is 10.1. The fraction of sp³-hybridized carbons (Fsp3) is 0.455. The average molecular weight is 342 g/mol. The Bertz CT molecular complexity index is 604. The summed E-state index contributed by atoms with van der Waals surface area (Å²) in [7, 11) is 1.68. The van der Waals surface area contributed by atoms with Gasteiger partial charge in [-0.15, -0.1) is 0 Å². The van der Waals surface area contributed by atoms with E-state index in [1.807, 2.05) is 31.2 Å². The highest BCUT2D eigenvalue weighted by atomic mass is 16.7. The summed E-state index contributed by atoms with van der Waals surface area (Å²) in [4.78, 5) is 0.